The highest BCUT2D eigenvalue weighted by Crippen LogP contribution is 2.27. The Hall–Kier alpha value is -1.17. The Morgan fingerprint density at radius 2 is 2.08 bits per heavy atom. The molecule has 2 rings (SSSR count). The first-order valence-electron chi connectivity index (χ1n) is 3.59. The van der Waals surface area contributed by atoms with Gasteiger partial charge in [0.05, 0.1) is 5.56 Å². The quantitative estimate of drug-likeness (QED) is 0.712. The summed E-state index contributed by atoms with van der Waals surface area (Å²) in [6, 6.07) is 7.28. The molecule has 1 heterocycles. The Morgan fingerprint density at radius 3 is 2.77 bits per heavy atom. The first kappa shape index (κ1) is 8.43. The summed E-state index contributed by atoms with van der Waals surface area (Å²) < 4.78 is 0. The van der Waals surface area contributed by atoms with Crippen LogP contribution in [0, 0.1) is 11.3 Å². The average molecular weight is 211 g/mol. The molecule has 0 aliphatic rings. The van der Waals surface area contributed by atoms with Gasteiger partial charge in [0.2, 0.25) is 0 Å². The second kappa shape index (κ2) is 2.95. The molecule has 0 fully saturated rings. The van der Waals surface area contributed by atoms with Gasteiger partial charge in [-0.05, 0) is 18.2 Å². The Labute approximate surface area is 84.7 Å². The lowest BCUT2D eigenvalue weighted by Crippen LogP contribution is -1.70. The Morgan fingerprint density at radius 1 is 1.31 bits per heavy atom. The molecule has 2 nitrogen and oxygen atoms in total. The average Bonchev–Trinajstić information content (AvgIpc) is 2.39. The molecule has 64 valence electrons. The highest BCUT2D eigenvalue weighted by Gasteiger charge is 2.08. The summed E-state index contributed by atoms with van der Waals surface area (Å²) in [5.74, 6) is 0. The van der Waals surface area contributed by atoms with E-state index in [1.807, 2.05) is 6.07 Å². The first-order chi connectivity index (χ1) is 6.22. The molecule has 0 unspecified atom stereocenters. The number of aromatic nitrogens is 1. The number of hydrogen-bond donors (Lipinski definition) is 1. The minimum absolute atomic E-state index is 0.361. The second-order valence-corrected chi connectivity index (χ2v) is 3.43. The van der Waals surface area contributed by atoms with Gasteiger partial charge in [-0.2, -0.15) is 5.26 Å². The van der Waals surface area contributed by atoms with Crippen LogP contribution < -0.4 is 0 Å². The fourth-order valence-electron chi connectivity index (χ4n) is 1.25. The highest BCUT2D eigenvalue weighted by molar-refractivity contribution is 6.33. The van der Waals surface area contributed by atoms with E-state index in [-0.39, 0.29) is 0 Å². The minimum Gasteiger partial charge on any atom is -0.344 e. The number of aromatic amines is 1. The summed E-state index contributed by atoms with van der Waals surface area (Å²) in [5.41, 5.74) is 1.25. The van der Waals surface area contributed by atoms with Crippen molar-refractivity contribution >= 4 is 34.1 Å². The molecule has 0 saturated heterocycles. The molecule has 0 aliphatic heterocycles. The first-order valence-corrected chi connectivity index (χ1v) is 4.35. The summed E-state index contributed by atoms with van der Waals surface area (Å²) in [7, 11) is 0. The van der Waals surface area contributed by atoms with Crippen molar-refractivity contribution in [3.05, 3.63) is 33.9 Å². The van der Waals surface area contributed by atoms with E-state index >= 15 is 0 Å². The van der Waals surface area contributed by atoms with Gasteiger partial charge in [-0.15, -0.1) is 0 Å². The van der Waals surface area contributed by atoms with Gasteiger partial charge in [-0.25, -0.2) is 0 Å². The third-order valence-electron chi connectivity index (χ3n) is 1.83. The summed E-state index contributed by atoms with van der Waals surface area (Å²) in [6.07, 6.45) is 0. The summed E-state index contributed by atoms with van der Waals surface area (Å²) in [4.78, 5) is 2.88. The molecule has 1 aromatic carbocycles. The maximum absolute atomic E-state index is 8.79. The molecule has 1 N–H and O–H groups in total. The zero-order valence-electron chi connectivity index (χ0n) is 6.44. The number of rotatable bonds is 0. The van der Waals surface area contributed by atoms with E-state index in [4.69, 9.17) is 28.5 Å². The number of nitrogens with zero attached hydrogens (tertiary/aromatic N) is 1. The lowest BCUT2D eigenvalue weighted by molar-refractivity contribution is 1.44. The third kappa shape index (κ3) is 1.27. The number of nitrogens with one attached hydrogen (secondary N) is 1. The van der Waals surface area contributed by atoms with Crippen LogP contribution in [0.4, 0.5) is 0 Å². The van der Waals surface area contributed by atoms with Crippen molar-refractivity contribution in [2.45, 2.75) is 0 Å². The smallest absolute Gasteiger partial charge is 0.125 e. The van der Waals surface area contributed by atoms with Crippen molar-refractivity contribution in [3.8, 4) is 6.07 Å². The largest absolute Gasteiger partial charge is 0.344 e. The maximum Gasteiger partial charge on any atom is 0.125 e. The molecule has 0 spiro atoms. The molecule has 0 saturated carbocycles. The van der Waals surface area contributed by atoms with Crippen molar-refractivity contribution in [1.82, 2.24) is 4.98 Å². The normalized spacial score (nSPS) is 10.2. The van der Waals surface area contributed by atoms with E-state index in [1.165, 1.54) is 0 Å². The van der Waals surface area contributed by atoms with Crippen LogP contribution in [-0.4, -0.2) is 4.98 Å². The van der Waals surface area contributed by atoms with Gasteiger partial charge in [0.1, 0.15) is 11.2 Å². The fraction of sp³-hybridized carbons (Fsp3) is 0. The van der Waals surface area contributed by atoms with Gasteiger partial charge >= 0.3 is 0 Å². The molecule has 0 aliphatic carbocycles. The van der Waals surface area contributed by atoms with Crippen LogP contribution in [0.15, 0.2) is 18.2 Å². The Kier molecular flexibility index (Phi) is 1.91. The summed E-state index contributed by atoms with van der Waals surface area (Å²) in [6.45, 7) is 0. The SMILES string of the molecule is N#Cc1c(Cl)[nH]c2cc(Cl)ccc12. The summed E-state index contributed by atoms with van der Waals surface area (Å²) >= 11 is 11.6. The number of halogens is 2. The molecule has 2 aromatic rings. The van der Waals surface area contributed by atoms with Crippen molar-refractivity contribution in [2.24, 2.45) is 0 Å². The lowest BCUT2D eigenvalue weighted by atomic mass is 10.2. The monoisotopic (exact) mass is 210 g/mol. The van der Waals surface area contributed by atoms with Crippen molar-refractivity contribution in [1.29, 1.82) is 5.26 Å². The molecule has 0 amide bonds. The van der Waals surface area contributed by atoms with Crippen molar-refractivity contribution < 1.29 is 0 Å². The van der Waals surface area contributed by atoms with E-state index in [9.17, 15) is 0 Å². The van der Waals surface area contributed by atoms with E-state index in [0.29, 0.717) is 15.7 Å². The molecule has 0 radical (unpaired) electrons. The maximum atomic E-state index is 8.79. The van der Waals surface area contributed by atoms with Crippen LogP contribution in [0.5, 0.6) is 0 Å². The van der Waals surface area contributed by atoms with Gasteiger partial charge in [0, 0.05) is 15.9 Å². The van der Waals surface area contributed by atoms with Gasteiger partial charge < -0.3 is 4.98 Å². The van der Waals surface area contributed by atoms with Gasteiger partial charge in [0.15, 0.2) is 0 Å². The van der Waals surface area contributed by atoms with E-state index in [0.717, 1.165) is 10.9 Å². The molecule has 13 heavy (non-hydrogen) atoms. The van der Waals surface area contributed by atoms with Crippen LogP contribution in [-0.2, 0) is 0 Å². The Bertz CT molecular complexity index is 508. The number of benzene rings is 1. The molecular formula is C9H4Cl2N2. The standard InChI is InChI=1S/C9H4Cl2N2/c10-5-1-2-6-7(4-12)9(11)13-8(6)3-5/h1-3,13H. The Balaban J connectivity index is 2.88. The number of H-pyrrole nitrogens is 1. The number of hydrogen-bond acceptors (Lipinski definition) is 1. The van der Waals surface area contributed by atoms with Crippen LogP contribution in [0.3, 0.4) is 0 Å². The predicted octanol–water partition coefficient (Wildman–Crippen LogP) is 3.35. The molecule has 1 aromatic heterocycles. The number of fused-ring (bicyclic) bond motifs is 1. The van der Waals surface area contributed by atoms with Crippen molar-refractivity contribution in [2.75, 3.05) is 0 Å². The van der Waals surface area contributed by atoms with Crippen LogP contribution in [0.25, 0.3) is 10.9 Å². The second-order valence-electron chi connectivity index (χ2n) is 2.62. The zero-order chi connectivity index (χ0) is 9.42. The van der Waals surface area contributed by atoms with E-state index in [1.54, 1.807) is 18.2 Å². The summed E-state index contributed by atoms with van der Waals surface area (Å²) in [5, 5.41) is 10.6. The van der Waals surface area contributed by atoms with E-state index < -0.39 is 0 Å². The van der Waals surface area contributed by atoms with Crippen LogP contribution in [0.1, 0.15) is 5.56 Å². The zero-order valence-corrected chi connectivity index (χ0v) is 7.95. The van der Waals surface area contributed by atoms with Crippen LogP contribution in [0.2, 0.25) is 10.2 Å². The van der Waals surface area contributed by atoms with Gasteiger partial charge in [-0.1, -0.05) is 23.2 Å². The fourth-order valence-corrected chi connectivity index (χ4v) is 1.66. The predicted molar refractivity (Wildman–Crippen MR) is 53.0 cm³/mol. The topological polar surface area (TPSA) is 39.6 Å². The lowest BCUT2D eigenvalue weighted by Gasteiger charge is -1.89. The minimum atomic E-state index is 0.361. The van der Waals surface area contributed by atoms with Gasteiger partial charge in [-0.3, -0.25) is 0 Å². The van der Waals surface area contributed by atoms with E-state index in [2.05, 4.69) is 4.98 Å². The molecule has 4 heteroatoms. The molecule has 0 atom stereocenters. The third-order valence-corrected chi connectivity index (χ3v) is 2.35. The highest BCUT2D eigenvalue weighted by atomic mass is 35.5. The number of nitriles is 1. The van der Waals surface area contributed by atoms with Gasteiger partial charge in [0.25, 0.3) is 0 Å². The molecule has 0 bridgehead atoms. The molecular weight excluding hydrogens is 207 g/mol. The van der Waals surface area contributed by atoms with Crippen molar-refractivity contribution in [3.63, 3.8) is 0 Å². The van der Waals surface area contributed by atoms with Crippen LogP contribution >= 0.6 is 23.2 Å².